The Morgan fingerprint density at radius 1 is 1.69 bits per heavy atom. The Balaban J connectivity index is 1.85. The van der Waals surface area contributed by atoms with Crippen molar-refractivity contribution < 1.29 is 14.7 Å². The van der Waals surface area contributed by atoms with Gasteiger partial charge in [-0.1, -0.05) is 0 Å². The van der Waals surface area contributed by atoms with Crippen LogP contribution in [0.2, 0.25) is 0 Å². The third-order valence-corrected chi connectivity index (χ3v) is 4.77. The molecule has 2 amide bonds. The molecule has 3 unspecified atom stereocenters. The third-order valence-electron chi connectivity index (χ3n) is 3.28. The molecule has 0 aromatic carbocycles. The molecule has 3 atom stereocenters. The fourth-order valence-electron chi connectivity index (χ4n) is 2.33. The summed E-state index contributed by atoms with van der Waals surface area (Å²) >= 11 is 1.84. The van der Waals surface area contributed by atoms with Crippen LogP contribution in [0.15, 0.2) is 0 Å². The summed E-state index contributed by atoms with van der Waals surface area (Å²) in [4.78, 5) is 23.6. The van der Waals surface area contributed by atoms with Gasteiger partial charge in [0.2, 0.25) is 0 Å². The summed E-state index contributed by atoms with van der Waals surface area (Å²) in [6.07, 6.45) is 1.78. The number of urea groups is 1. The minimum atomic E-state index is -0.743. The van der Waals surface area contributed by atoms with Crippen LogP contribution in [-0.2, 0) is 4.79 Å². The van der Waals surface area contributed by atoms with Crippen LogP contribution in [-0.4, -0.2) is 52.1 Å². The number of carbonyl (C=O) groups is 2. The highest BCUT2D eigenvalue weighted by Gasteiger charge is 2.46. The molecule has 6 heteroatoms. The number of nitrogens with one attached hydrogen (secondary N) is 1. The van der Waals surface area contributed by atoms with Gasteiger partial charge in [0.15, 0.2) is 0 Å². The highest BCUT2D eigenvalue weighted by Crippen LogP contribution is 2.36. The lowest BCUT2D eigenvalue weighted by Crippen LogP contribution is -2.37. The van der Waals surface area contributed by atoms with Crippen LogP contribution in [0.25, 0.3) is 0 Å². The molecule has 0 bridgehead atoms. The molecule has 2 fully saturated rings. The number of carbonyl (C=O) groups excluding carboxylic acids is 1. The zero-order valence-corrected chi connectivity index (χ0v) is 10.00. The minimum Gasteiger partial charge on any atom is -0.481 e. The van der Waals surface area contributed by atoms with Gasteiger partial charge in [-0.05, 0) is 12.8 Å². The number of hydrogen-bond donors (Lipinski definition) is 2. The summed E-state index contributed by atoms with van der Waals surface area (Å²) in [5.74, 6) is 0.213. The number of rotatable bonds is 4. The first-order valence-electron chi connectivity index (χ1n) is 5.46. The summed E-state index contributed by atoms with van der Waals surface area (Å²) < 4.78 is 0. The molecule has 0 spiro atoms. The molecule has 0 radical (unpaired) electrons. The van der Waals surface area contributed by atoms with Crippen LogP contribution in [0.4, 0.5) is 4.79 Å². The normalized spacial score (nSPS) is 32.7. The van der Waals surface area contributed by atoms with Crippen molar-refractivity contribution in [1.82, 2.24) is 10.2 Å². The van der Waals surface area contributed by atoms with Gasteiger partial charge in [-0.15, -0.1) is 0 Å². The summed E-state index contributed by atoms with van der Waals surface area (Å²) in [6.45, 7) is 0. The van der Waals surface area contributed by atoms with E-state index in [1.54, 1.807) is 4.90 Å². The fraction of sp³-hybridized carbons (Fsp3) is 0.800. The van der Waals surface area contributed by atoms with E-state index in [0.29, 0.717) is 11.7 Å². The van der Waals surface area contributed by atoms with Gasteiger partial charge in [0.05, 0.1) is 12.1 Å². The van der Waals surface area contributed by atoms with Crippen molar-refractivity contribution in [2.24, 2.45) is 0 Å². The number of thioether (sulfide) groups is 1. The lowest BCUT2D eigenvalue weighted by Gasteiger charge is -2.17. The number of aliphatic carboxylic acids is 1. The topological polar surface area (TPSA) is 69.6 Å². The summed E-state index contributed by atoms with van der Waals surface area (Å²) in [5, 5.41) is 11.9. The molecule has 2 rings (SSSR count). The van der Waals surface area contributed by atoms with E-state index in [9.17, 15) is 9.59 Å². The highest BCUT2D eigenvalue weighted by atomic mass is 32.2. The molecule has 2 aliphatic heterocycles. The Kier molecular flexibility index (Phi) is 3.28. The third kappa shape index (κ3) is 2.11. The van der Waals surface area contributed by atoms with Crippen LogP contribution >= 0.6 is 11.8 Å². The molecule has 5 nitrogen and oxygen atoms in total. The number of fused-ring (bicyclic) bond motifs is 1. The zero-order valence-electron chi connectivity index (χ0n) is 9.18. The SMILES string of the molecule is CN1C(=O)NC2C(CCCC(=O)O)SCC21. The second-order valence-corrected chi connectivity index (χ2v) is 5.58. The molecule has 2 heterocycles. The quantitative estimate of drug-likeness (QED) is 0.716. The van der Waals surface area contributed by atoms with Gasteiger partial charge in [0.25, 0.3) is 0 Å². The van der Waals surface area contributed by atoms with Crippen molar-refractivity contribution in [3.05, 3.63) is 0 Å². The summed E-state index contributed by atoms with van der Waals surface area (Å²) in [6, 6.07) is 0.488. The Morgan fingerprint density at radius 2 is 2.44 bits per heavy atom. The van der Waals surface area contributed by atoms with Crippen molar-refractivity contribution >= 4 is 23.8 Å². The van der Waals surface area contributed by atoms with Gasteiger partial charge in [0, 0.05) is 24.5 Å². The number of amides is 2. The van der Waals surface area contributed by atoms with E-state index in [1.807, 2.05) is 18.8 Å². The molecule has 2 saturated heterocycles. The van der Waals surface area contributed by atoms with Crippen LogP contribution in [0, 0.1) is 0 Å². The molecule has 16 heavy (non-hydrogen) atoms. The van der Waals surface area contributed by atoms with Gasteiger partial charge in [-0.3, -0.25) is 4.79 Å². The lowest BCUT2D eigenvalue weighted by molar-refractivity contribution is -0.137. The monoisotopic (exact) mass is 244 g/mol. The highest BCUT2D eigenvalue weighted by molar-refractivity contribution is 8.00. The van der Waals surface area contributed by atoms with Gasteiger partial charge in [-0.2, -0.15) is 11.8 Å². The average Bonchev–Trinajstić information content (AvgIpc) is 2.71. The van der Waals surface area contributed by atoms with Crippen molar-refractivity contribution in [3.63, 3.8) is 0 Å². The molecule has 0 aromatic rings. The Bertz CT molecular complexity index is 310. The fourth-order valence-corrected chi connectivity index (χ4v) is 4.00. The molecular formula is C10H16N2O3S. The first kappa shape index (κ1) is 11.6. The first-order valence-corrected chi connectivity index (χ1v) is 6.51. The molecular weight excluding hydrogens is 228 g/mol. The van der Waals surface area contributed by atoms with Gasteiger partial charge < -0.3 is 15.3 Å². The maximum Gasteiger partial charge on any atom is 0.317 e. The first-order chi connectivity index (χ1) is 7.59. The van der Waals surface area contributed by atoms with E-state index in [4.69, 9.17) is 5.11 Å². The second-order valence-electron chi connectivity index (χ2n) is 4.31. The smallest absolute Gasteiger partial charge is 0.317 e. The number of likely N-dealkylation sites (N-methyl/N-ethyl adjacent to an activating group) is 1. The molecule has 90 valence electrons. The predicted octanol–water partition coefficient (Wildman–Crippen LogP) is 0.749. The number of carboxylic acids is 1. The minimum absolute atomic E-state index is 0.00136. The molecule has 0 aromatic heterocycles. The van der Waals surface area contributed by atoms with Crippen molar-refractivity contribution in [3.8, 4) is 0 Å². The summed E-state index contributed by atoms with van der Waals surface area (Å²) in [7, 11) is 1.82. The largest absolute Gasteiger partial charge is 0.481 e. The maximum atomic E-state index is 11.4. The average molecular weight is 244 g/mol. The molecule has 2 aliphatic rings. The molecule has 2 N–H and O–H groups in total. The molecule has 0 aliphatic carbocycles. The number of nitrogens with zero attached hydrogens (tertiary/aromatic N) is 1. The van der Waals surface area contributed by atoms with E-state index in [1.165, 1.54) is 0 Å². The summed E-state index contributed by atoms with van der Waals surface area (Å²) in [5.41, 5.74) is 0. The van der Waals surface area contributed by atoms with Crippen LogP contribution in [0.1, 0.15) is 19.3 Å². The van der Waals surface area contributed by atoms with Crippen LogP contribution in [0.3, 0.4) is 0 Å². The zero-order chi connectivity index (χ0) is 11.7. The van der Waals surface area contributed by atoms with Crippen LogP contribution < -0.4 is 5.32 Å². The van der Waals surface area contributed by atoms with Crippen molar-refractivity contribution in [2.45, 2.75) is 36.6 Å². The van der Waals surface area contributed by atoms with Crippen molar-refractivity contribution in [1.29, 1.82) is 0 Å². The van der Waals surface area contributed by atoms with E-state index >= 15 is 0 Å². The Hall–Kier alpha value is -0.910. The van der Waals surface area contributed by atoms with E-state index < -0.39 is 5.97 Å². The van der Waals surface area contributed by atoms with Gasteiger partial charge >= 0.3 is 12.0 Å². The van der Waals surface area contributed by atoms with Crippen LogP contribution in [0.5, 0.6) is 0 Å². The molecule has 0 saturated carbocycles. The lowest BCUT2D eigenvalue weighted by atomic mass is 10.0. The number of carboxylic acid groups (broad SMARTS) is 1. The van der Waals surface area contributed by atoms with E-state index in [0.717, 1.165) is 12.2 Å². The maximum absolute atomic E-state index is 11.4. The van der Waals surface area contributed by atoms with Gasteiger partial charge in [0.1, 0.15) is 0 Å². The van der Waals surface area contributed by atoms with E-state index in [2.05, 4.69) is 5.32 Å². The Morgan fingerprint density at radius 3 is 3.12 bits per heavy atom. The number of hydrogen-bond acceptors (Lipinski definition) is 3. The van der Waals surface area contributed by atoms with Crippen molar-refractivity contribution in [2.75, 3.05) is 12.8 Å². The van der Waals surface area contributed by atoms with Gasteiger partial charge in [-0.25, -0.2) is 4.79 Å². The standard InChI is InChI=1S/C10H16N2O3S/c1-12-6-5-16-7(3-2-4-8(13)14)9(6)11-10(12)15/h6-7,9H,2-5H2,1H3,(H,11,15)(H,13,14). The van der Waals surface area contributed by atoms with E-state index in [-0.39, 0.29) is 24.5 Å². The predicted molar refractivity (Wildman–Crippen MR) is 61.6 cm³/mol. The Labute approximate surface area is 98.6 Å². The second kappa shape index (κ2) is 4.53.